The molecule has 4 heteroatoms. The zero-order valence-electron chi connectivity index (χ0n) is 8.42. The van der Waals surface area contributed by atoms with Gasteiger partial charge in [-0.25, -0.2) is 0 Å². The van der Waals surface area contributed by atoms with Crippen LogP contribution in [-0.4, -0.2) is 22.4 Å². The highest BCUT2D eigenvalue weighted by atomic mass is 32.2. The Morgan fingerprint density at radius 1 is 1.46 bits per heavy atom. The van der Waals surface area contributed by atoms with Crippen LogP contribution in [0.4, 0.5) is 0 Å². The van der Waals surface area contributed by atoms with Crippen molar-refractivity contribution >= 4 is 17.7 Å². The highest BCUT2D eigenvalue weighted by Crippen LogP contribution is 2.38. The molecule has 0 aromatic heterocycles. The van der Waals surface area contributed by atoms with Crippen molar-refractivity contribution < 1.29 is 15.0 Å². The molecular weight excluding hydrogens is 188 g/mol. The monoisotopic (exact) mass is 204 g/mol. The van der Waals surface area contributed by atoms with Crippen molar-refractivity contribution in [3.63, 3.8) is 0 Å². The summed E-state index contributed by atoms with van der Waals surface area (Å²) in [5.74, 6) is -0.799. The maximum Gasteiger partial charge on any atom is 0.314 e. The molecule has 0 spiro atoms. The number of rotatable bonds is 4. The van der Waals surface area contributed by atoms with Gasteiger partial charge in [0.2, 0.25) is 0 Å². The molecule has 3 nitrogen and oxygen atoms in total. The molecule has 0 rings (SSSR count). The van der Waals surface area contributed by atoms with E-state index >= 15 is 0 Å². The summed E-state index contributed by atoms with van der Waals surface area (Å²) in [6.45, 7) is 4.94. The predicted octanol–water partition coefficient (Wildman–Crippen LogP) is 2.64. The molecule has 1 unspecified atom stereocenters. The SMILES string of the molecule is CCC(C)(C(=O)O)/C(SC)=C(\C)O. The van der Waals surface area contributed by atoms with Gasteiger partial charge in [-0.3, -0.25) is 4.79 Å². The molecule has 0 aromatic carbocycles. The first kappa shape index (κ1) is 12.4. The summed E-state index contributed by atoms with van der Waals surface area (Å²) in [4.78, 5) is 11.5. The van der Waals surface area contributed by atoms with E-state index in [1.807, 2.05) is 0 Å². The molecule has 0 bridgehead atoms. The Balaban J connectivity index is 5.18. The first-order valence-electron chi connectivity index (χ1n) is 4.07. The van der Waals surface area contributed by atoms with Gasteiger partial charge in [0, 0.05) is 4.91 Å². The lowest BCUT2D eigenvalue weighted by Gasteiger charge is -2.25. The van der Waals surface area contributed by atoms with Crippen molar-refractivity contribution in [1.82, 2.24) is 0 Å². The van der Waals surface area contributed by atoms with Crippen LogP contribution < -0.4 is 0 Å². The van der Waals surface area contributed by atoms with E-state index in [0.717, 1.165) is 0 Å². The van der Waals surface area contributed by atoms with Crippen molar-refractivity contribution in [2.45, 2.75) is 27.2 Å². The molecule has 0 saturated carbocycles. The third-order valence-corrected chi connectivity index (χ3v) is 3.37. The van der Waals surface area contributed by atoms with Crippen LogP contribution in [0, 0.1) is 5.41 Å². The molecule has 0 aromatic rings. The Bertz CT molecular complexity index is 231. The largest absolute Gasteiger partial charge is 0.512 e. The normalized spacial score (nSPS) is 17.5. The summed E-state index contributed by atoms with van der Waals surface area (Å²) >= 11 is 1.29. The van der Waals surface area contributed by atoms with Crippen molar-refractivity contribution in [1.29, 1.82) is 0 Å². The van der Waals surface area contributed by atoms with E-state index in [1.54, 1.807) is 20.1 Å². The van der Waals surface area contributed by atoms with Crippen molar-refractivity contribution in [2.24, 2.45) is 5.41 Å². The minimum atomic E-state index is -0.960. The molecule has 0 aliphatic rings. The second-order valence-corrected chi connectivity index (χ2v) is 3.93. The molecule has 0 saturated heterocycles. The van der Waals surface area contributed by atoms with Gasteiger partial charge in [0.15, 0.2) is 0 Å². The number of thioether (sulfide) groups is 1. The van der Waals surface area contributed by atoms with Gasteiger partial charge < -0.3 is 10.2 Å². The summed E-state index contributed by atoms with van der Waals surface area (Å²) in [5.41, 5.74) is -0.960. The van der Waals surface area contributed by atoms with E-state index in [4.69, 9.17) is 5.11 Å². The van der Waals surface area contributed by atoms with Crippen LogP contribution in [0.15, 0.2) is 10.7 Å². The summed E-state index contributed by atoms with van der Waals surface area (Å²) in [5, 5.41) is 18.3. The van der Waals surface area contributed by atoms with E-state index in [1.165, 1.54) is 18.7 Å². The molecule has 0 aliphatic carbocycles. The number of allylic oxidation sites excluding steroid dienone is 1. The summed E-state index contributed by atoms with van der Waals surface area (Å²) in [6, 6.07) is 0. The highest BCUT2D eigenvalue weighted by Gasteiger charge is 2.36. The average molecular weight is 204 g/mol. The Kier molecular flexibility index (Phi) is 4.33. The number of hydrogen-bond acceptors (Lipinski definition) is 3. The molecule has 0 fully saturated rings. The van der Waals surface area contributed by atoms with Crippen LogP contribution in [-0.2, 0) is 4.79 Å². The predicted molar refractivity (Wildman–Crippen MR) is 54.9 cm³/mol. The number of hydrogen-bond donors (Lipinski definition) is 2. The topological polar surface area (TPSA) is 57.5 Å². The molecule has 0 radical (unpaired) electrons. The van der Waals surface area contributed by atoms with Crippen molar-refractivity contribution in [3.05, 3.63) is 10.7 Å². The third-order valence-electron chi connectivity index (χ3n) is 2.21. The summed E-state index contributed by atoms with van der Waals surface area (Å²) < 4.78 is 0. The van der Waals surface area contributed by atoms with Gasteiger partial charge in [-0.1, -0.05) is 6.92 Å². The zero-order chi connectivity index (χ0) is 10.6. The van der Waals surface area contributed by atoms with Gasteiger partial charge in [-0.2, -0.15) is 0 Å². The van der Waals surface area contributed by atoms with Gasteiger partial charge in [-0.15, -0.1) is 11.8 Å². The summed E-state index contributed by atoms with van der Waals surface area (Å²) in [6.07, 6.45) is 2.24. The fourth-order valence-corrected chi connectivity index (χ4v) is 2.16. The summed E-state index contributed by atoms with van der Waals surface area (Å²) in [7, 11) is 0. The molecule has 0 heterocycles. The lowest BCUT2D eigenvalue weighted by atomic mass is 9.86. The molecule has 0 aliphatic heterocycles. The Labute approximate surface area is 82.8 Å². The molecule has 13 heavy (non-hydrogen) atoms. The lowest BCUT2D eigenvalue weighted by molar-refractivity contribution is -0.145. The molecule has 0 amide bonds. The minimum absolute atomic E-state index is 0.0965. The number of aliphatic hydroxyl groups is 1. The first-order valence-corrected chi connectivity index (χ1v) is 5.30. The number of carboxylic acids is 1. The number of aliphatic carboxylic acids is 1. The van der Waals surface area contributed by atoms with E-state index in [2.05, 4.69) is 0 Å². The Hall–Kier alpha value is -0.640. The molecule has 1 atom stereocenters. The Morgan fingerprint density at radius 3 is 2.00 bits per heavy atom. The maximum atomic E-state index is 11.0. The standard InChI is InChI=1S/C9H16O3S/c1-5-9(3,8(11)12)7(13-4)6(2)10/h10H,5H2,1-4H3,(H,11,12)/b7-6-. The fraction of sp³-hybridized carbons (Fsp3) is 0.667. The van der Waals surface area contributed by atoms with Crippen LogP contribution in [0.1, 0.15) is 27.2 Å². The number of aliphatic hydroxyl groups excluding tert-OH is 1. The quantitative estimate of drug-likeness (QED) is 0.691. The fourth-order valence-electron chi connectivity index (χ4n) is 1.18. The van der Waals surface area contributed by atoms with Gasteiger partial charge in [0.05, 0.1) is 11.2 Å². The highest BCUT2D eigenvalue weighted by molar-refractivity contribution is 8.02. The van der Waals surface area contributed by atoms with Crippen LogP contribution in [0.3, 0.4) is 0 Å². The average Bonchev–Trinajstić information content (AvgIpc) is 2.04. The Morgan fingerprint density at radius 2 is 1.92 bits per heavy atom. The molecule has 76 valence electrons. The number of carbonyl (C=O) groups is 1. The van der Waals surface area contributed by atoms with Crippen LogP contribution in [0.2, 0.25) is 0 Å². The van der Waals surface area contributed by atoms with Gasteiger partial charge in [0.25, 0.3) is 0 Å². The van der Waals surface area contributed by atoms with Gasteiger partial charge >= 0.3 is 5.97 Å². The van der Waals surface area contributed by atoms with Crippen molar-refractivity contribution in [2.75, 3.05) is 6.26 Å². The van der Waals surface area contributed by atoms with Crippen LogP contribution in [0.25, 0.3) is 0 Å². The smallest absolute Gasteiger partial charge is 0.314 e. The van der Waals surface area contributed by atoms with Crippen LogP contribution >= 0.6 is 11.8 Å². The second-order valence-electron chi connectivity index (χ2n) is 3.11. The molecule has 2 N–H and O–H groups in total. The van der Waals surface area contributed by atoms with E-state index < -0.39 is 11.4 Å². The first-order chi connectivity index (χ1) is 5.90. The van der Waals surface area contributed by atoms with Gasteiger partial charge in [0.1, 0.15) is 0 Å². The van der Waals surface area contributed by atoms with E-state index in [0.29, 0.717) is 11.3 Å². The van der Waals surface area contributed by atoms with Gasteiger partial charge in [-0.05, 0) is 26.5 Å². The van der Waals surface area contributed by atoms with Crippen LogP contribution in [0.5, 0.6) is 0 Å². The maximum absolute atomic E-state index is 11.0. The number of carboxylic acid groups (broad SMARTS) is 1. The molecular formula is C9H16O3S. The van der Waals surface area contributed by atoms with E-state index in [9.17, 15) is 9.90 Å². The third kappa shape index (κ3) is 2.40. The zero-order valence-corrected chi connectivity index (χ0v) is 9.23. The van der Waals surface area contributed by atoms with Crippen molar-refractivity contribution in [3.8, 4) is 0 Å². The second kappa shape index (κ2) is 4.56. The minimum Gasteiger partial charge on any atom is -0.512 e. The lowest BCUT2D eigenvalue weighted by Crippen LogP contribution is -2.28. The van der Waals surface area contributed by atoms with E-state index in [-0.39, 0.29) is 5.76 Å².